The van der Waals surface area contributed by atoms with E-state index in [0.29, 0.717) is 12.3 Å². The Morgan fingerprint density at radius 1 is 1.17 bits per heavy atom. The molecular weight excluding hydrogens is 265 g/mol. The van der Waals surface area contributed by atoms with Crippen molar-refractivity contribution in [3.05, 3.63) is 30.3 Å². The molecule has 0 atom stereocenters. The van der Waals surface area contributed by atoms with Crippen LogP contribution in [0, 0.1) is 0 Å². The Bertz CT molecular complexity index is 370. The molecule has 0 aliphatic heterocycles. The normalized spacial score (nSPS) is 11.1. The zero-order valence-corrected chi connectivity index (χ0v) is 10.3. The highest BCUT2D eigenvalue weighted by Crippen LogP contribution is 2.15. The minimum atomic E-state index is -4.38. The molecule has 0 aliphatic rings. The third-order valence-corrected chi connectivity index (χ3v) is 2.86. The summed E-state index contributed by atoms with van der Waals surface area (Å²) in [6.07, 6.45) is -4.38. The number of hydrogen-bond acceptors (Lipinski definition) is 2. The van der Waals surface area contributed by atoms with Crippen LogP contribution in [-0.4, -0.2) is 31.0 Å². The molecule has 0 bridgehead atoms. The summed E-state index contributed by atoms with van der Waals surface area (Å²) in [4.78, 5) is 12.0. The van der Waals surface area contributed by atoms with Crippen LogP contribution in [0.5, 0.6) is 0 Å². The number of alkyl halides is 3. The van der Waals surface area contributed by atoms with Crippen LogP contribution in [0.15, 0.2) is 35.2 Å². The van der Waals surface area contributed by atoms with Gasteiger partial charge in [-0.15, -0.1) is 11.8 Å². The van der Waals surface area contributed by atoms with Gasteiger partial charge in [0.25, 0.3) is 0 Å². The minimum Gasteiger partial charge on any atom is -0.337 e. The van der Waals surface area contributed by atoms with Crippen molar-refractivity contribution in [2.24, 2.45) is 0 Å². The second-order valence-corrected chi connectivity index (χ2v) is 4.55. The van der Waals surface area contributed by atoms with E-state index in [-0.39, 0.29) is 0 Å². The molecule has 100 valence electrons. The van der Waals surface area contributed by atoms with Gasteiger partial charge in [0.15, 0.2) is 0 Å². The molecule has 18 heavy (non-hydrogen) atoms. The van der Waals surface area contributed by atoms with Crippen molar-refractivity contribution >= 4 is 17.8 Å². The van der Waals surface area contributed by atoms with Crippen LogP contribution in [0.3, 0.4) is 0 Å². The molecule has 1 aromatic rings. The largest absolute Gasteiger partial charge is 0.405 e. The molecule has 1 aromatic carbocycles. The summed E-state index contributed by atoms with van der Waals surface area (Å²) >= 11 is 1.52. The molecule has 3 nitrogen and oxygen atoms in total. The van der Waals surface area contributed by atoms with Crippen LogP contribution in [0.4, 0.5) is 18.0 Å². The molecule has 0 radical (unpaired) electrons. The van der Waals surface area contributed by atoms with Crippen molar-refractivity contribution in [3.8, 4) is 0 Å². The summed E-state index contributed by atoms with van der Waals surface area (Å²) in [5.74, 6) is 0.601. The lowest BCUT2D eigenvalue weighted by molar-refractivity contribution is -0.122. The van der Waals surface area contributed by atoms with Crippen LogP contribution in [0.25, 0.3) is 0 Å². The lowest BCUT2D eigenvalue weighted by Gasteiger charge is -2.09. The van der Waals surface area contributed by atoms with Crippen molar-refractivity contribution in [2.75, 3.05) is 18.8 Å². The molecule has 7 heteroatoms. The number of hydrogen-bond donors (Lipinski definition) is 2. The summed E-state index contributed by atoms with van der Waals surface area (Å²) in [5, 5.41) is 4.09. The summed E-state index contributed by atoms with van der Waals surface area (Å²) in [7, 11) is 0. The standard InChI is InChI=1S/C11H13F3N2OS/c12-11(13,14)8-16-10(17)15-6-7-18-9-4-2-1-3-5-9/h1-5H,6-8H2,(H2,15,16,17). The molecule has 0 spiro atoms. The summed E-state index contributed by atoms with van der Waals surface area (Å²) in [6.45, 7) is -1.01. The van der Waals surface area contributed by atoms with E-state index in [2.05, 4.69) is 5.32 Å². The van der Waals surface area contributed by atoms with Gasteiger partial charge >= 0.3 is 12.2 Å². The second-order valence-electron chi connectivity index (χ2n) is 3.39. The van der Waals surface area contributed by atoms with E-state index < -0.39 is 18.8 Å². The first kappa shape index (κ1) is 14.7. The number of rotatable bonds is 5. The van der Waals surface area contributed by atoms with Gasteiger partial charge in [-0.25, -0.2) is 4.79 Å². The summed E-state index contributed by atoms with van der Waals surface area (Å²) in [6, 6.07) is 8.73. The Morgan fingerprint density at radius 3 is 2.44 bits per heavy atom. The molecule has 1 rings (SSSR count). The third kappa shape index (κ3) is 7.05. The zero-order valence-electron chi connectivity index (χ0n) is 9.46. The number of halogens is 3. The fourth-order valence-electron chi connectivity index (χ4n) is 1.09. The smallest absolute Gasteiger partial charge is 0.337 e. The van der Waals surface area contributed by atoms with Gasteiger partial charge in [0.1, 0.15) is 6.54 Å². The zero-order chi connectivity index (χ0) is 13.4. The lowest BCUT2D eigenvalue weighted by atomic mass is 10.4. The summed E-state index contributed by atoms with van der Waals surface area (Å²) < 4.78 is 35.3. The van der Waals surface area contributed by atoms with Gasteiger partial charge < -0.3 is 10.6 Å². The molecule has 0 heterocycles. The Labute approximate surface area is 107 Å². The fraction of sp³-hybridized carbons (Fsp3) is 0.364. The van der Waals surface area contributed by atoms with Crippen molar-refractivity contribution in [1.82, 2.24) is 10.6 Å². The average molecular weight is 278 g/mol. The first-order chi connectivity index (χ1) is 8.47. The Morgan fingerprint density at radius 2 is 1.83 bits per heavy atom. The van der Waals surface area contributed by atoms with E-state index in [4.69, 9.17) is 0 Å². The molecule has 2 N–H and O–H groups in total. The predicted octanol–water partition coefficient (Wildman–Crippen LogP) is 2.64. The van der Waals surface area contributed by atoms with Gasteiger partial charge in [-0.1, -0.05) is 18.2 Å². The third-order valence-electron chi connectivity index (χ3n) is 1.85. The first-order valence-electron chi connectivity index (χ1n) is 5.24. The molecule has 0 fully saturated rings. The van der Waals surface area contributed by atoms with E-state index in [1.165, 1.54) is 11.8 Å². The molecule has 2 amide bonds. The van der Waals surface area contributed by atoms with Crippen LogP contribution < -0.4 is 10.6 Å². The highest BCUT2D eigenvalue weighted by molar-refractivity contribution is 7.99. The van der Waals surface area contributed by atoms with E-state index in [9.17, 15) is 18.0 Å². The number of carbonyl (C=O) groups excluding carboxylic acids is 1. The van der Waals surface area contributed by atoms with Crippen LogP contribution in [-0.2, 0) is 0 Å². The average Bonchev–Trinajstić information content (AvgIpc) is 2.33. The number of thioether (sulfide) groups is 1. The second kappa shape index (κ2) is 7.15. The maximum Gasteiger partial charge on any atom is 0.405 e. The van der Waals surface area contributed by atoms with Crippen LogP contribution in [0.1, 0.15) is 0 Å². The Kier molecular flexibility index (Phi) is 5.84. The van der Waals surface area contributed by atoms with E-state index in [1.807, 2.05) is 30.3 Å². The molecule has 0 unspecified atom stereocenters. The van der Waals surface area contributed by atoms with Crippen molar-refractivity contribution in [1.29, 1.82) is 0 Å². The Hall–Kier alpha value is -1.37. The highest BCUT2D eigenvalue weighted by Gasteiger charge is 2.27. The SMILES string of the molecule is O=C(NCCSc1ccccc1)NCC(F)(F)F. The number of amides is 2. The first-order valence-corrected chi connectivity index (χ1v) is 6.22. The van der Waals surface area contributed by atoms with Gasteiger partial charge in [-0.2, -0.15) is 13.2 Å². The lowest BCUT2D eigenvalue weighted by Crippen LogP contribution is -2.41. The van der Waals surface area contributed by atoms with Gasteiger partial charge in [-0.05, 0) is 12.1 Å². The highest BCUT2D eigenvalue weighted by atomic mass is 32.2. The fourth-order valence-corrected chi connectivity index (χ4v) is 1.88. The maximum absolute atomic E-state index is 11.8. The predicted molar refractivity (Wildman–Crippen MR) is 64.6 cm³/mol. The number of urea groups is 1. The van der Waals surface area contributed by atoms with Crippen molar-refractivity contribution in [2.45, 2.75) is 11.1 Å². The Balaban J connectivity index is 2.09. The van der Waals surface area contributed by atoms with Crippen LogP contribution >= 0.6 is 11.8 Å². The summed E-state index contributed by atoms with van der Waals surface area (Å²) in [5.41, 5.74) is 0. The quantitative estimate of drug-likeness (QED) is 0.642. The van der Waals surface area contributed by atoms with Crippen LogP contribution in [0.2, 0.25) is 0 Å². The molecule has 0 saturated heterocycles. The molecular formula is C11H13F3N2OS. The van der Waals surface area contributed by atoms with Gasteiger partial charge in [-0.3, -0.25) is 0 Å². The van der Waals surface area contributed by atoms with Crippen molar-refractivity contribution < 1.29 is 18.0 Å². The van der Waals surface area contributed by atoms with Gasteiger partial charge in [0.05, 0.1) is 0 Å². The molecule has 0 saturated carbocycles. The van der Waals surface area contributed by atoms with Gasteiger partial charge in [0, 0.05) is 17.2 Å². The van der Waals surface area contributed by atoms with E-state index >= 15 is 0 Å². The number of nitrogens with one attached hydrogen (secondary N) is 2. The topological polar surface area (TPSA) is 41.1 Å². The molecule has 0 aromatic heterocycles. The molecule has 0 aliphatic carbocycles. The van der Waals surface area contributed by atoms with Crippen molar-refractivity contribution in [3.63, 3.8) is 0 Å². The van der Waals surface area contributed by atoms with E-state index in [0.717, 1.165) is 4.90 Å². The maximum atomic E-state index is 11.8. The van der Waals surface area contributed by atoms with E-state index in [1.54, 1.807) is 5.32 Å². The van der Waals surface area contributed by atoms with Gasteiger partial charge in [0.2, 0.25) is 0 Å². The monoisotopic (exact) mass is 278 g/mol. The number of benzene rings is 1. The number of carbonyl (C=O) groups is 1. The minimum absolute atomic E-state index is 0.309.